The van der Waals surface area contributed by atoms with Gasteiger partial charge in [-0.1, -0.05) is 6.07 Å². The number of amides is 1. The van der Waals surface area contributed by atoms with Crippen LogP contribution in [0.1, 0.15) is 28.7 Å². The fourth-order valence-corrected chi connectivity index (χ4v) is 2.70. The van der Waals surface area contributed by atoms with Gasteiger partial charge >= 0.3 is 0 Å². The Morgan fingerprint density at radius 3 is 2.52 bits per heavy atom. The number of fused-ring (bicyclic) bond motifs is 1. The number of imidazole rings is 1. The van der Waals surface area contributed by atoms with Crippen LogP contribution in [0.4, 0.5) is 8.78 Å². The summed E-state index contributed by atoms with van der Waals surface area (Å²) in [6.45, 7) is 3.52. The van der Waals surface area contributed by atoms with E-state index >= 15 is 0 Å². The second-order valence-corrected chi connectivity index (χ2v) is 6.29. The molecule has 3 N–H and O–H groups in total. The van der Waals surface area contributed by atoms with Gasteiger partial charge in [-0.15, -0.1) is 24.8 Å². The second kappa shape index (κ2) is 10.4. The summed E-state index contributed by atoms with van der Waals surface area (Å²) >= 11 is 0. The molecule has 1 aromatic carbocycles. The Labute approximate surface area is 179 Å². The zero-order chi connectivity index (χ0) is 19.6. The van der Waals surface area contributed by atoms with Gasteiger partial charge in [-0.05, 0) is 38.1 Å². The summed E-state index contributed by atoms with van der Waals surface area (Å²) < 4.78 is 34.8. The highest BCUT2D eigenvalue weighted by atomic mass is 35.5. The van der Waals surface area contributed by atoms with Gasteiger partial charge in [-0.3, -0.25) is 9.20 Å². The number of ether oxygens (including phenoxy) is 1. The van der Waals surface area contributed by atoms with Crippen molar-refractivity contribution in [2.45, 2.75) is 26.5 Å². The summed E-state index contributed by atoms with van der Waals surface area (Å²) in [5.74, 6) is -1.36. The molecule has 158 valence electrons. The number of carbonyl (C=O) groups is 1. The highest BCUT2D eigenvalue weighted by Crippen LogP contribution is 2.24. The lowest BCUT2D eigenvalue weighted by Gasteiger charge is -2.10. The van der Waals surface area contributed by atoms with E-state index in [1.54, 1.807) is 36.6 Å². The standard InChI is InChI=1S/C19H20F2N4O2.2ClH/c1-11(22)9-23-19(26)17-12(2)24-18-16(7-4-8-25(17)18)27-10-13-14(20)5-3-6-15(13)21;;/h3-8,11H,9-10,22H2,1-2H3,(H,23,26);2*1H. The SMILES string of the molecule is Cc1nc2c(OCc3c(F)cccc3F)cccn2c1C(=O)NCC(C)N.Cl.Cl. The molecule has 10 heteroatoms. The van der Waals surface area contributed by atoms with Crippen molar-refractivity contribution in [3.05, 3.63) is 65.1 Å². The monoisotopic (exact) mass is 446 g/mol. The highest BCUT2D eigenvalue weighted by molar-refractivity contribution is 5.95. The summed E-state index contributed by atoms with van der Waals surface area (Å²) in [5.41, 5.74) is 6.75. The van der Waals surface area contributed by atoms with E-state index in [2.05, 4.69) is 10.3 Å². The van der Waals surface area contributed by atoms with Crippen molar-refractivity contribution in [2.24, 2.45) is 5.73 Å². The van der Waals surface area contributed by atoms with Gasteiger partial charge in [0.25, 0.3) is 5.91 Å². The molecule has 6 nitrogen and oxygen atoms in total. The largest absolute Gasteiger partial charge is 0.485 e. The molecule has 0 fully saturated rings. The number of nitrogens with two attached hydrogens (primary N) is 1. The third kappa shape index (κ3) is 5.35. The number of carbonyl (C=O) groups excluding carboxylic acids is 1. The number of aromatic nitrogens is 2. The van der Waals surface area contributed by atoms with Crippen LogP contribution in [0.25, 0.3) is 5.65 Å². The number of nitrogens with one attached hydrogen (secondary N) is 1. The number of aryl methyl sites for hydroxylation is 1. The minimum atomic E-state index is -0.683. The van der Waals surface area contributed by atoms with Crippen molar-refractivity contribution in [1.29, 1.82) is 0 Å². The van der Waals surface area contributed by atoms with E-state index in [-0.39, 0.29) is 48.9 Å². The fourth-order valence-electron chi connectivity index (χ4n) is 2.70. The van der Waals surface area contributed by atoms with Crippen LogP contribution in [-0.4, -0.2) is 27.9 Å². The van der Waals surface area contributed by atoms with Gasteiger partial charge in [-0.2, -0.15) is 0 Å². The summed E-state index contributed by atoms with van der Waals surface area (Å²) in [5, 5.41) is 2.74. The summed E-state index contributed by atoms with van der Waals surface area (Å²) in [6, 6.07) is 6.75. The maximum Gasteiger partial charge on any atom is 0.270 e. The molecule has 1 atom stereocenters. The van der Waals surface area contributed by atoms with E-state index in [4.69, 9.17) is 10.5 Å². The maximum absolute atomic E-state index is 13.8. The Morgan fingerprint density at radius 2 is 1.90 bits per heavy atom. The van der Waals surface area contributed by atoms with E-state index in [1.165, 1.54) is 18.2 Å². The van der Waals surface area contributed by atoms with Crippen LogP contribution >= 0.6 is 24.8 Å². The Morgan fingerprint density at radius 1 is 1.24 bits per heavy atom. The Balaban J connectivity index is 0.00000210. The molecule has 0 aliphatic carbocycles. The van der Waals surface area contributed by atoms with Gasteiger partial charge in [0.15, 0.2) is 11.4 Å². The van der Waals surface area contributed by atoms with Crippen molar-refractivity contribution >= 4 is 36.4 Å². The van der Waals surface area contributed by atoms with Crippen molar-refractivity contribution < 1.29 is 18.3 Å². The first-order valence-corrected chi connectivity index (χ1v) is 8.45. The number of rotatable bonds is 6. The van der Waals surface area contributed by atoms with Gasteiger partial charge < -0.3 is 15.8 Å². The molecule has 2 aromatic heterocycles. The topological polar surface area (TPSA) is 81.7 Å². The third-order valence-electron chi connectivity index (χ3n) is 4.02. The smallest absolute Gasteiger partial charge is 0.270 e. The zero-order valence-corrected chi connectivity index (χ0v) is 17.4. The predicted octanol–water partition coefficient (Wildman–Crippen LogP) is 3.42. The minimum absolute atomic E-state index is 0. The Bertz CT molecular complexity index is 975. The third-order valence-corrected chi connectivity index (χ3v) is 4.02. The van der Waals surface area contributed by atoms with Crippen LogP contribution in [0, 0.1) is 18.6 Å². The first-order chi connectivity index (χ1) is 12.9. The number of benzene rings is 1. The molecule has 2 heterocycles. The molecule has 3 aromatic rings. The number of nitrogens with zero attached hydrogens (tertiary/aromatic N) is 2. The van der Waals surface area contributed by atoms with Crippen molar-refractivity contribution in [3.63, 3.8) is 0 Å². The average Bonchev–Trinajstić information content (AvgIpc) is 2.96. The molecule has 0 spiro atoms. The molecule has 0 saturated carbocycles. The minimum Gasteiger partial charge on any atom is -0.485 e. The van der Waals surface area contributed by atoms with Crippen LogP contribution in [-0.2, 0) is 6.61 Å². The molecule has 0 saturated heterocycles. The second-order valence-electron chi connectivity index (χ2n) is 6.29. The molecule has 0 aliphatic rings. The lowest BCUT2D eigenvalue weighted by atomic mass is 10.2. The summed E-state index contributed by atoms with van der Waals surface area (Å²) in [7, 11) is 0. The zero-order valence-electron chi connectivity index (χ0n) is 15.8. The molecule has 29 heavy (non-hydrogen) atoms. The van der Waals surface area contributed by atoms with E-state index in [0.29, 0.717) is 29.3 Å². The maximum atomic E-state index is 13.8. The molecule has 0 aliphatic heterocycles. The number of hydrogen-bond donors (Lipinski definition) is 2. The Hall–Kier alpha value is -2.42. The van der Waals surface area contributed by atoms with Crippen molar-refractivity contribution in [3.8, 4) is 5.75 Å². The number of pyridine rings is 1. The summed E-state index contributed by atoms with van der Waals surface area (Å²) in [6.07, 6.45) is 1.67. The average molecular weight is 447 g/mol. The summed E-state index contributed by atoms with van der Waals surface area (Å²) in [4.78, 5) is 16.8. The van der Waals surface area contributed by atoms with E-state index in [9.17, 15) is 13.6 Å². The van der Waals surface area contributed by atoms with E-state index in [0.717, 1.165) is 0 Å². The highest BCUT2D eigenvalue weighted by Gasteiger charge is 2.19. The molecule has 1 unspecified atom stereocenters. The van der Waals surface area contributed by atoms with Crippen molar-refractivity contribution in [1.82, 2.24) is 14.7 Å². The van der Waals surface area contributed by atoms with E-state index in [1.807, 2.05) is 0 Å². The molecular formula is C19H22Cl2F2N4O2. The van der Waals surface area contributed by atoms with Gasteiger partial charge in [0, 0.05) is 18.8 Å². The lowest BCUT2D eigenvalue weighted by molar-refractivity contribution is 0.0945. The van der Waals surface area contributed by atoms with Gasteiger partial charge in [0.1, 0.15) is 23.9 Å². The normalized spacial score (nSPS) is 11.3. The molecule has 0 bridgehead atoms. The van der Waals surface area contributed by atoms with Crippen LogP contribution < -0.4 is 15.8 Å². The first kappa shape index (κ1) is 24.6. The van der Waals surface area contributed by atoms with Crippen LogP contribution in [0.5, 0.6) is 5.75 Å². The van der Waals surface area contributed by atoms with Crippen LogP contribution in [0.2, 0.25) is 0 Å². The van der Waals surface area contributed by atoms with E-state index < -0.39 is 11.6 Å². The quantitative estimate of drug-likeness (QED) is 0.607. The molecule has 3 rings (SSSR count). The van der Waals surface area contributed by atoms with Gasteiger partial charge in [-0.25, -0.2) is 13.8 Å². The van der Waals surface area contributed by atoms with Crippen LogP contribution in [0.3, 0.4) is 0 Å². The van der Waals surface area contributed by atoms with Crippen molar-refractivity contribution in [2.75, 3.05) is 6.54 Å². The number of hydrogen-bond acceptors (Lipinski definition) is 4. The van der Waals surface area contributed by atoms with Gasteiger partial charge in [0.2, 0.25) is 0 Å². The fraction of sp³-hybridized carbons (Fsp3) is 0.263. The first-order valence-electron chi connectivity index (χ1n) is 8.45. The molecular weight excluding hydrogens is 425 g/mol. The lowest BCUT2D eigenvalue weighted by Crippen LogP contribution is -2.35. The number of halogens is 4. The van der Waals surface area contributed by atoms with Gasteiger partial charge in [0.05, 0.1) is 11.3 Å². The molecule has 1 amide bonds. The molecule has 0 radical (unpaired) electrons. The van der Waals surface area contributed by atoms with Crippen LogP contribution in [0.15, 0.2) is 36.5 Å². The predicted molar refractivity (Wildman–Crippen MR) is 111 cm³/mol. The Kier molecular flexibility index (Phi) is 8.81.